The van der Waals surface area contributed by atoms with Crippen LogP contribution in [0.2, 0.25) is 0 Å². The van der Waals surface area contributed by atoms with Crippen molar-refractivity contribution in [2.24, 2.45) is 0 Å². The fourth-order valence-corrected chi connectivity index (χ4v) is 4.36. The van der Waals surface area contributed by atoms with Gasteiger partial charge in [-0.1, -0.05) is 0 Å². The molecule has 10 nitrogen and oxygen atoms in total. The van der Waals surface area contributed by atoms with Crippen molar-refractivity contribution in [1.29, 1.82) is 0 Å². The van der Waals surface area contributed by atoms with Gasteiger partial charge in [0.25, 0.3) is 6.43 Å². The van der Waals surface area contributed by atoms with Gasteiger partial charge in [-0.15, -0.1) is 0 Å². The number of ether oxygens (including phenoxy) is 1. The first-order chi connectivity index (χ1) is 16.9. The van der Waals surface area contributed by atoms with Gasteiger partial charge in [0.2, 0.25) is 11.9 Å². The van der Waals surface area contributed by atoms with Crippen molar-refractivity contribution in [3.8, 4) is 0 Å². The molecule has 2 aromatic rings. The second-order valence-electron chi connectivity index (χ2n) is 9.09. The Morgan fingerprint density at radius 3 is 2.80 bits per heavy atom. The number of piperidine rings is 1. The highest BCUT2D eigenvalue weighted by molar-refractivity contribution is 5.76. The summed E-state index contributed by atoms with van der Waals surface area (Å²) in [5, 5.41) is 10.8. The minimum absolute atomic E-state index is 0.0560. The SMILES string of the molecule is Cc1nn(C2CCN(C)CC2)cc1Nc1ncc(C(F)F)c(NCCCN2CCOCCC2=O)n1. The van der Waals surface area contributed by atoms with E-state index in [0.29, 0.717) is 51.7 Å². The molecule has 0 spiro atoms. The predicted octanol–water partition coefficient (Wildman–Crippen LogP) is 2.98. The summed E-state index contributed by atoms with van der Waals surface area (Å²) in [7, 11) is 2.12. The lowest BCUT2D eigenvalue weighted by molar-refractivity contribution is -0.130. The summed E-state index contributed by atoms with van der Waals surface area (Å²) in [6.45, 7) is 6.39. The third-order valence-electron chi connectivity index (χ3n) is 6.49. The zero-order valence-corrected chi connectivity index (χ0v) is 20.3. The first kappa shape index (κ1) is 25.2. The molecular weight excluding hydrogens is 458 g/mol. The highest BCUT2D eigenvalue weighted by atomic mass is 19.3. The van der Waals surface area contributed by atoms with Crippen molar-refractivity contribution in [3.05, 3.63) is 23.7 Å². The van der Waals surface area contributed by atoms with E-state index in [1.54, 1.807) is 4.90 Å². The summed E-state index contributed by atoms with van der Waals surface area (Å²) in [5.74, 6) is 0.367. The first-order valence-corrected chi connectivity index (χ1v) is 12.2. The second kappa shape index (κ2) is 11.7. The van der Waals surface area contributed by atoms with Gasteiger partial charge in [-0.2, -0.15) is 10.1 Å². The predicted molar refractivity (Wildman–Crippen MR) is 128 cm³/mol. The van der Waals surface area contributed by atoms with Crippen molar-refractivity contribution in [2.45, 2.75) is 45.1 Å². The van der Waals surface area contributed by atoms with Crippen LogP contribution in [0.4, 0.5) is 26.2 Å². The second-order valence-corrected chi connectivity index (χ2v) is 9.09. The molecule has 0 unspecified atom stereocenters. The number of amides is 1. The van der Waals surface area contributed by atoms with Gasteiger partial charge in [-0.25, -0.2) is 13.8 Å². The van der Waals surface area contributed by atoms with E-state index >= 15 is 0 Å². The molecule has 0 bridgehead atoms. The number of hydrogen-bond donors (Lipinski definition) is 2. The van der Waals surface area contributed by atoms with E-state index in [4.69, 9.17) is 4.74 Å². The van der Waals surface area contributed by atoms with Crippen molar-refractivity contribution < 1.29 is 18.3 Å². The highest BCUT2D eigenvalue weighted by Gasteiger charge is 2.21. The summed E-state index contributed by atoms with van der Waals surface area (Å²) < 4.78 is 34.4. The maximum absolute atomic E-state index is 13.6. The van der Waals surface area contributed by atoms with E-state index < -0.39 is 6.43 Å². The van der Waals surface area contributed by atoms with Crippen molar-refractivity contribution >= 4 is 23.4 Å². The van der Waals surface area contributed by atoms with E-state index in [2.05, 4.69) is 37.6 Å². The molecule has 2 aromatic heterocycles. The lowest BCUT2D eigenvalue weighted by Crippen LogP contribution is -2.33. The zero-order valence-electron chi connectivity index (χ0n) is 20.3. The maximum Gasteiger partial charge on any atom is 0.268 e. The van der Waals surface area contributed by atoms with E-state index in [-0.39, 0.29) is 23.2 Å². The van der Waals surface area contributed by atoms with Crippen molar-refractivity contribution in [2.75, 3.05) is 63.6 Å². The molecule has 4 heterocycles. The van der Waals surface area contributed by atoms with Crippen LogP contribution in [-0.4, -0.2) is 88.4 Å². The average Bonchev–Trinajstić information content (AvgIpc) is 3.06. The summed E-state index contributed by atoms with van der Waals surface area (Å²) in [6, 6.07) is 0.336. The van der Waals surface area contributed by atoms with Crippen molar-refractivity contribution in [3.63, 3.8) is 0 Å². The monoisotopic (exact) mass is 492 g/mol. The first-order valence-electron chi connectivity index (χ1n) is 12.2. The van der Waals surface area contributed by atoms with E-state index in [1.807, 2.05) is 17.8 Å². The number of halogens is 2. The minimum atomic E-state index is -2.70. The number of nitrogens with zero attached hydrogens (tertiary/aromatic N) is 6. The Balaban J connectivity index is 1.38. The molecule has 12 heteroatoms. The number of aromatic nitrogens is 4. The lowest BCUT2D eigenvalue weighted by Gasteiger charge is -2.28. The summed E-state index contributed by atoms with van der Waals surface area (Å²) in [5.41, 5.74) is 1.29. The molecule has 192 valence electrons. The van der Waals surface area contributed by atoms with Crippen LogP contribution >= 0.6 is 0 Å². The van der Waals surface area contributed by atoms with Crippen LogP contribution in [0.25, 0.3) is 0 Å². The van der Waals surface area contributed by atoms with E-state index in [9.17, 15) is 13.6 Å². The maximum atomic E-state index is 13.6. The molecule has 0 saturated carbocycles. The van der Waals surface area contributed by atoms with Gasteiger partial charge in [-0.3, -0.25) is 9.48 Å². The normalized spacial score (nSPS) is 18.2. The number of rotatable bonds is 9. The minimum Gasteiger partial charge on any atom is -0.379 e. The van der Waals surface area contributed by atoms with Crippen LogP contribution in [0, 0.1) is 6.92 Å². The quantitative estimate of drug-likeness (QED) is 0.516. The number of aryl methyl sites for hydroxylation is 1. The van der Waals surface area contributed by atoms with Crippen LogP contribution in [0.1, 0.15) is 49.4 Å². The van der Waals surface area contributed by atoms with E-state index in [0.717, 1.165) is 43.5 Å². The topological polar surface area (TPSA) is 100 Å². The van der Waals surface area contributed by atoms with Gasteiger partial charge in [0.15, 0.2) is 0 Å². The molecule has 2 aliphatic rings. The largest absolute Gasteiger partial charge is 0.379 e. The van der Waals surface area contributed by atoms with Gasteiger partial charge in [0, 0.05) is 32.0 Å². The van der Waals surface area contributed by atoms with Crippen LogP contribution in [0.3, 0.4) is 0 Å². The van der Waals surface area contributed by atoms with Crippen LogP contribution in [0.5, 0.6) is 0 Å². The van der Waals surface area contributed by atoms with Gasteiger partial charge < -0.3 is 25.2 Å². The van der Waals surface area contributed by atoms with Gasteiger partial charge in [0.1, 0.15) is 5.82 Å². The number of carbonyl (C=O) groups is 1. The molecular formula is C23H34F2N8O2. The van der Waals surface area contributed by atoms with Gasteiger partial charge >= 0.3 is 0 Å². The molecule has 35 heavy (non-hydrogen) atoms. The standard InChI is InChI=1S/C23H34F2N8O2/c1-16-19(15-33(30-16)17-4-9-31(2)10-5-17)28-23-27-14-18(21(24)25)22(29-23)26-7-3-8-32-11-13-35-12-6-20(32)34/h14-15,17,21H,3-13H2,1-2H3,(H2,26,27,28,29). The van der Waals surface area contributed by atoms with E-state index in [1.165, 1.54) is 0 Å². The smallest absolute Gasteiger partial charge is 0.268 e. The molecule has 4 rings (SSSR count). The van der Waals surface area contributed by atoms with Gasteiger partial charge in [-0.05, 0) is 46.3 Å². The van der Waals surface area contributed by atoms with Crippen LogP contribution in [0.15, 0.2) is 12.4 Å². The Labute approximate surface area is 204 Å². The number of anilines is 3. The van der Waals surface area contributed by atoms with Gasteiger partial charge in [0.05, 0.1) is 42.6 Å². The Morgan fingerprint density at radius 2 is 2.03 bits per heavy atom. The molecule has 2 aliphatic heterocycles. The molecule has 2 fully saturated rings. The number of carbonyl (C=O) groups excluding carboxylic acids is 1. The molecule has 2 saturated heterocycles. The number of likely N-dealkylation sites (tertiary alicyclic amines) is 1. The molecule has 2 N–H and O–H groups in total. The lowest BCUT2D eigenvalue weighted by atomic mass is 10.1. The average molecular weight is 493 g/mol. The number of alkyl halides is 2. The Hall–Kier alpha value is -2.86. The molecule has 1 amide bonds. The Bertz CT molecular complexity index is 994. The molecule has 0 aromatic carbocycles. The summed E-state index contributed by atoms with van der Waals surface area (Å²) in [6.07, 6.45) is 3.41. The Kier molecular flexibility index (Phi) is 8.45. The van der Waals surface area contributed by atoms with Crippen LogP contribution in [-0.2, 0) is 9.53 Å². The molecule has 0 atom stereocenters. The third kappa shape index (κ3) is 6.63. The van der Waals surface area contributed by atoms with Crippen molar-refractivity contribution in [1.82, 2.24) is 29.5 Å². The summed E-state index contributed by atoms with van der Waals surface area (Å²) in [4.78, 5) is 24.5. The number of nitrogens with one attached hydrogen (secondary N) is 2. The zero-order chi connectivity index (χ0) is 24.8. The highest BCUT2D eigenvalue weighted by Crippen LogP contribution is 2.28. The fourth-order valence-electron chi connectivity index (χ4n) is 4.36. The third-order valence-corrected chi connectivity index (χ3v) is 6.49. The summed E-state index contributed by atoms with van der Waals surface area (Å²) >= 11 is 0. The molecule has 0 radical (unpaired) electrons. The fraction of sp³-hybridized carbons (Fsp3) is 0.652. The molecule has 0 aliphatic carbocycles. The van der Waals surface area contributed by atoms with Crippen LogP contribution < -0.4 is 10.6 Å². The number of hydrogen-bond acceptors (Lipinski definition) is 8. The Morgan fingerprint density at radius 1 is 1.23 bits per heavy atom.